The highest BCUT2D eigenvalue weighted by Gasteiger charge is 2.40. The van der Waals surface area contributed by atoms with E-state index < -0.39 is 0 Å². The first-order chi connectivity index (χ1) is 5.57. The van der Waals surface area contributed by atoms with Gasteiger partial charge in [0, 0.05) is 12.1 Å². The Morgan fingerprint density at radius 3 is 2.08 bits per heavy atom. The van der Waals surface area contributed by atoms with Gasteiger partial charge in [0.05, 0.1) is 0 Å². The van der Waals surface area contributed by atoms with Gasteiger partial charge in [-0.05, 0) is 51.6 Å². The summed E-state index contributed by atoms with van der Waals surface area (Å²) in [5.74, 6) is 1.65. The average molecular weight is 168 g/mol. The molecule has 0 aromatic rings. The summed E-state index contributed by atoms with van der Waals surface area (Å²) in [6.07, 6.45) is 2.76. The van der Waals surface area contributed by atoms with Gasteiger partial charge >= 0.3 is 0 Å². The zero-order valence-corrected chi connectivity index (χ0v) is 8.21. The fourth-order valence-electron chi connectivity index (χ4n) is 2.81. The zero-order valence-electron chi connectivity index (χ0n) is 8.21. The monoisotopic (exact) mass is 168 g/mol. The van der Waals surface area contributed by atoms with Crippen molar-refractivity contribution in [3.63, 3.8) is 0 Å². The lowest BCUT2D eigenvalue weighted by atomic mass is 9.70. The number of fused-ring (bicyclic) bond motifs is 3. The minimum absolute atomic E-state index is 0.0315. The van der Waals surface area contributed by atoms with E-state index in [1.54, 1.807) is 0 Å². The normalized spacial score (nSPS) is 41.8. The largest absolute Gasteiger partial charge is 0.325 e. The van der Waals surface area contributed by atoms with Crippen molar-refractivity contribution in [2.45, 2.75) is 32.2 Å². The van der Waals surface area contributed by atoms with Crippen LogP contribution >= 0.6 is 0 Å². The molecule has 2 bridgehead atoms. The van der Waals surface area contributed by atoms with Crippen LogP contribution in [0.4, 0.5) is 0 Å². The van der Waals surface area contributed by atoms with Gasteiger partial charge in [-0.2, -0.15) is 0 Å². The van der Waals surface area contributed by atoms with Crippen LogP contribution in [0.2, 0.25) is 0 Å². The Morgan fingerprint density at radius 2 is 1.83 bits per heavy atom. The fraction of sp³-hybridized carbons (Fsp3) is 1.00. The maximum Gasteiger partial charge on any atom is 0.0140 e. The third kappa shape index (κ3) is 1.38. The number of piperidine rings is 3. The van der Waals surface area contributed by atoms with Gasteiger partial charge in [-0.15, -0.1) is 0 Å². The van der Waals surface area contributed by atoms with E-state index >= 15 is 0 Å². The lowest BCUT2D eigenvalue weighted by Gasteiger charge is -2.49. The lowest BCUT2D eigenvalue weighted by Crippen LogP contribution is -2.57. The quantitative estimate of drug-likeness (QED) is 0.634. The predicted octanol–water partition coefficient (Wildman–Crippen LogP) is 1.07. The summed E-state index contributed by atoms with van der Waals surface area (Å²) >= 11 is 0. The van der Waals surface area contributed by atoms with E-state index in [0.29, 0.717) is 0 Å². The minimum atomic E-state index is 0.0315. The van der Waals surface area contributed by atoms with Crippen molar-refractivity contribution in [2.24, 2.45) is 17.6 Å². The Hall–Kier alpha value is -0.0800. The van der Waals surface area contributed by atoms with Gasteiger partial charge in [0.2, 0.25) is 0 Å². The summed E-state index contributed by atoms with van der Waals surface area (Å²) < 4.78 is 0. The first-order valence-corrected chi connectivity index (χ1v) is 5.08. The van der Waals surface area contributed by atoms with Crippen molar-refractivity contribution in [3.8, 4) is 0 Å². The van der Waals surface area contributed by atoms with Gasteiger partial charge < -0.3 is 10.6 Å². The van der Waals surface area contributed by atoms with Crippen molar-refractivity contribution >= 4 is 0 Å². The second-order valence-electron chi connectivity index (χ2n) is 5.07. The summed E-state index contributed by atoms with van der Waals surface area (Å²) in [5.41, 5.74) is 6.20. The third-order valence-corrected chi connectivity index (χ3v) is 3.61. The molecule has 1 atom stereocenters. The van der Waals surface area contributed by atoms with Crippen LogP contribution in [0.5, 0.6) is 0 Å². The Bertz CT molecular complexity index is 163. The topological polar surface area (TPSA) is 29.3 Å². The molecule has 70 valence electrons. The van der Waals surface area contributed by atoms with Gasteiger partial charge in [0.25, 0.3) is 0 Å². The van der Waals surface area contributed by atoms with Crippen molar-refractivity contribution in [1.82, 2.24) is 4.90 Å². The maximum absolute atomic E-state index is 6.17. The summed E-state index contributed by atoms with van der Waals surface area (Å²) in [4.78, 5) is 2.57. The Morgan fingerprint density at radius 1 is 1.25 bits per heavy atom. The molecular weight excluding hydrogens is 148 g/mol. The van der Waals surface area contributed by atoms with Crippen LogP contribution in [0.25, 0.3) is 0 Å². The molecule has 3 heterocycles. The summed E-state index contributed by atoms with van der Waals surface area (Å²) in [6, 6.07) is 0. The van der Waals surface area contributed by atoms with Gasteiger partial charge in [0.15, 0.2) is 0 Å². The van der Waals surface area contributed by atoms with Gasteiger partial charge in [0.1, 0.15) is 0 Å². The zero-order chi connectivity index (χ0) is 8.77. The highest BCUT2D eigenvalue weighted by atomic mass is 15.2. The number of nitrogens with zero attached hydrogens (tertiary/aromatic N) is 1. The van der Waals surface area contributed by atoms with E-state index in [-0.39, 0.29) is 5.54 Å². The predicted molar refractivity (Wildman–Crippen MR) is 50.9 cm³/mol. The highest BCUT2D eigenvalue weighted by Crippen LogP contribution is 2.37. The van der Waals surface area contributed by atoms with Crippen LogP contribution in [-0.4, -0.2) is 30.1 Å². The van der Waals surface area contributed by atoms with E-state index in [0.717, 1.165) is 11.8 Å². The molecule has 3 fully saturated rings. The molecule has 2 nitrogen and oxygen atoms in total. The first-order valence-electron chi connectivity index (χ1n) is 5.08. The van der Waals surface area contributed by atoms with Crippen LogP contribution in [0.3, 0.4) is 0 Å². The van der Waals surface area contributed by atoms with Crippen LogP contribution < -0.4 is 5.73 Å². The SMILES string of the molecule is CC(C)(N)C1CN2CCC1CC2. The van der Waals surface area contributed by atoms with Crippen LogP contribution in [-0.2, 0) is 0 Å². The highest BCUT2D eigenvalue weighted by molar-refractivity contribution is 4.95. The molecule has 1 unspecified atom stereocenters. The smallest absolute Gasteiger partial charge is 0.0140 e. The molecule has 3 aliphatic rings. The molecule has 0 spiro atoms. The molecule has 0 aliphatic carbocycles. The second-order valence-corrected chi connectivity index (χ2v) is 5.07. The standard InChI is InChI=1S/C10H20N2/c1-10(2,11)9-7-12-5-3-8(9)4-6-12/h8-9H,3-7,11H2,1-2H3. The number of hydrogen-bond acceptors (Lipinski definition) is 2. The van der Waals surface area contributed by atoms with Crippen molar-refractivity contribution in [1.29, 1.82) is 0 Å². The molecular formula is C10H20N2. The Kier molecular flexibility index (Phi) is 1.92. The molecule has 12 heavy (non-hydrogen) atoms. The van der Waals surface area contributed by atoms with Gasteiger partial charge in [-0.25, -0.2) is 0 Å². The summed E-state index contributed by atoms with van der Waals surface area (Å²) in [7, 11) is 0. The lowest BCUT2D eigenvalue weighted by molar-refractivity contribution is 0.0178. The van der Waals surface area contributed by atoms with Crippen LogP contribution in [0.15, 0.2) is 0 Å². The number of hydrogen-bond donors (Lipinski definition) is 1. The Balaban J connectivity index is 2.09. The third-order valence-electron chi connectivity index (χ3n) is 3.61. The van der Waals surface area contributed by atoms with E-state index in [1.165, 1.54) is 32.5 Å². The molecule has 0 amide bonds. The number of nitrogens with two attached hydrogens (primary N) is 1. The number of rotatable bonds is 1. The molecule has 3 saturated heterocycles. The van der Waals surface area contributed by atoms with Crippen molar-refractivity contribution in [2.75, 3.05) is 19.6 Å². The van der Waals surface area contributed by atoms with Gasteiger partial charge in [-0.3, -0.25) is 0 Å². The average Bonchev–Trinajstić information content (AvgIpc) is 2.05. The second kappa shape index (κ2) is 2.71. The van der Waals surface area contributed by atoms with E-state index in [1.807, 2.05) is 0 Å². The molecule has 0 aromatic heterocycles. The molecule has 2 heteroatoms. The fourth-order valence-corrected chi connectivity index (χ4v) is 2.81. The minimum Gasteiger partial charge on any atom is -0.325 e. The Labute approximate surface area is 75.1 Å². The van der Waals surface area contributed by atoms with Crippen LogP contribution in [0, 0.1) is 11.8 Å². The van der Waals surface area contributed by atoms with E-state index in [9.17, 15) is 0 Å². The molecule has 0 aromatic carbocycles. The summed E-state index contributed by atoms with van der Waals surface area (Å²) in [6.45, 7) is 8.24. The molecule has 0 radical (unpaired) electrons. The summed E-state index contributed by atoms with van der Waals surface area (Å²) in [5, 5.41) is 0. The van der Waals surface area contributed by atoms with Crippen LogP contribution in [0.1, 0.15) is 26.7 Å². The molecule has 2 N–H and O–H groups in total. The van der Waals surface area contributed by atoms with Crippen molar-refractivity contribution < 1.29 is 0 Å². The molecule has 3 rings (SSSR count). The first kappa shape index (κ1) is 8.52. The van der Waals surface area contributed by atoms with E-state index in [4.69, 9.17) is 5.73 Å². The maximum atomic E-state index is 6.17. The van der Waals surface area contributed by atoms with Gasteiger partial charge in [-0.1, -0.05) is 0 Å². The molecule has 0 saturated carbocycles. The van der Waals surface area contributed by atoms with E-state index in [2.05, 4.69) is 18.7 Å². The molecule has 3 aliphatic heterocycles. The van der Waals surface area contributed by atoms with Crippen molar-refractivity contribution in [3.05, 3.63) is 0 Å².